The van der Waals surface area contributed by atoms with Crippen molar-refractivity contribution < 1.29 is 0 Å². The van der Waals surface area contributed by atoms with Crippen molar-refractivity contribution in [3.8, 4) is 0 Å². The summed E-state index contributed by atoms with van der Waals surface area (Å²) < 4.78 is 0. The number of nitrogens with one attached hydrogen (secondary N) is 1. The molecule has 0 aromatic carbocycles. The summed E-state index contributed by atoms with van der Waals surface area (Å²) in [7, 11) is 0. The van der Waals surface area contributed by atoms with E-state index in [0.717, 1.165) is 19.5 Å². The Morgan fingerprint density at radius 2 is 1.74 bits per heavy atom. The van der Waals surface area contributed by atoms with Gasteiger partial charge in [-0.2, -0.15) is 11.8 Å². The van der Waals surface area contributed by atoms with Crippen molar-refractivity contribution in [1.29, 1.82) is 0 Å². The average molecular weight is 401 g/mol. The molecule has 0 unspecified atom stereocenters. The highest BCUT2D eigenvalue weighted by atomic mass is 127. The van der Waals surface area contributed by atoms with E-state index in [1.807, 2.05) is 11.8 Å². The number of hydrogen-bond donors (Lipinski definition) is 2. The molecule has 0 fully saturated rings. The first-order valence-corrected chi connectivity index (χ1v) is 8.73. The van der Waals surface area contributed by atoms with Gasteiger partial charge in [0.25, 0.3) is 0 Å². The maximum absolute atomic E-state index is 5.79. The van der Waals surface area contributed by atoms with Crippen LogP contribution in [0.15, 0.2) is 4.99 Å². The molecular formula is C14H32IN3S. The van der Waals surface area contributed by atoms with Gasteiger partial charge in [0.1, 0.15) is 0 Å². The second kappa shape index (κ2) is 18.4. The summed E-state index contributed by atoms with van der Waals surface area (Å²) in [5.41, 5.74) is 5.79. The maximum Gasteiger partial charge on any atom is 0.188 e. The SMILES string of the molecule is CCCCCCNC(N)=NCCCCCCSC.I. The van der Waals surface area contributed by atoms with Crippen LogP contribution >= 0.6 is 35.7 Å². The van der Waals surface area contributed by atoms with Crippen LogP contribution in [0.4, 0.5) is 0 Å². The summed E-state index contributed by atoms with van der Waals surface area (Å²) in [5.74, 6) is 1.90. The first kappa shape index (κ1) is 21.6. The average Bonchev–Trinajstić information content (AvgIpc) is 2.37. The molecule has 0 aromatic heterocycles. The third kappa shape index (κ3) is 18.4. The summed E-state index contributed by atoms with van der Waals surface area (Å²) in [5, 5.41) is 3.18. The molecule has 0 heterocycles. The zero-order valence-corrected chi connectivity index (χ0v) is 15.8. The lowest BCUT2D eigenvalue weighted by atomic mass is 10.2. The predicted molar refractivity (Wildman–Crippen MR) is 101 cm³/mol. The molecule has 0 aliphatic rings. The third-order valence-corrected chi connectivity index (χ3v) is 3.57. The summed E-state index contributed by atoms with van der Waals surface area (Å²) >= 11 is 1.93. The van der Waals surface area contributed by atoms with Crippen molar-refractivity contribution in [1.82, 2.24) is 5.32 Å². The quantitative estimate of drug-likeness (QED) is 0.225. The molecule has 0 saturated carbocycles. The monoisotopic (exact) mass is 401 g/mol. The summed E-state index contributed by atoms with van der Waals surface area (Å²) in [4.78, 5) is 4.34. The topological polar surface area (TPSA) is 50.4 Å². The zero-order chi connectivity index (χ0) is 13.5. The second-order valence-electron chi connectivity index (χ2n) is 4.66. The first-order valence-electron chi connectivity index (χ1n) is 7.34. The lowest BCUT2D eigenvalue weighted by Crippen LogP contribution is -2.32. The van der Waals surface area contributed by atoms with Crippen molar-refractivity contribution in [3.05, 3.63) is 0 Å². The molecule has 0 rings (SSSR count). The molecule has 0 spiro atoms. The van der Waals surface area contributed by atoms with Crippen LogP contribution in [0.25, 0.3) is 0 Å². The molecule has 0 amide bonds. The fourth-order valence-electron chi connectivity index (χ4n) is 1.74. The number of hydrogen-bond acceptors (Lipinski definition) is 2. The Morgan fingerprint density at radius 3 is 2.42 bits per heavy atom. The normalized spacial score (nSPS) is 11.2. The van der Waals surface area contributed by atoms with E-state index in [2.05, 4.69) is 23.5 Å². The van der Waals surface area contributed by atoms with Gasteiger partial charge in [0, 0.05) is 13.1 Å². The van der Waals surface area contributed by atoms with E-state index >= 15 is 0 Å². The number of halogens is 1. The van der Waals surface area contributed by atoms with E-state index in [9.17, 15) is 0 Å². The number of nitrogens with two attached hydrogens (primary N) is 1. The smallest absolute Gasteiger partial charge is 0.188 e. The molecule has 0 atom stereocenters. The maximum atomic E-state index is 5.79. The molecule has 0 aromatic rings. The standard InChI is InChI=1S/C14H31N3S.HI/c1-3-4-5-8-11-16-14(15)17-12-9-6-7-10-13-18-2;/h3-13H2,1-2H3,(H3,15,16,17);1H. The lowest BCUT2D eigenvalue weighted by Gasteiger charge is -2.05. The van der Waals surface area contributed by atoms with E-state index in [-0.39, 0.29) is 24.0 Å². The van der Waals surface area contributed by atoms with Crippen LogP contribution in [0, 0.1) is 0 Å². The van der Waals surface area contributed by atoms with E-state index in [1.165, 1.54) is 50.7 Å². The molecule has 0 aliphatic heterocycles. The van der Waals surface area contributed by atoms with Crippen LogP contribution in [-0.2, 0) is 0 Å². The van der Waals surface area contributed by atoms with Gasteiger partial charge in [-0.25, -0.2) is 0 Å². The Hall–Kier alpha value is 0.350. The molecule has 5 heteroatoms. The van der Waals surface area contributed by atoms with E-state index in [1.54, 1.807) is 0 Å². The molecule has 3 nitrogen and oxygen atoms in total. The van der Waals surface area contributed by atoms with Crippen molar-refractivity contribution >= 4 is 41.7 Å². The Bertz CT molecular complexity index is 201. The zero-order valence-electron chi connectivity index (χ0n) is 12.6. The van der Waals surface area contributed by atoms with Crippen molar-refractivity contribution in [2.45, 2.75) is 58.3 Å². The Balaban J connectivity index is 0. The number of thioether (sulfide) groups is 1. The molecule has 3 N–H and O–H groups in total. The highest BCUT2D eigenvalue weighted by Gasteiger charge is 1.92. The fourth-order valence-corrected chi connectivity index (χ4v) is 2.23. The molecule has 19 heavy (non-hydrogen) atoms. The minimum absolute atomic E-state index is 0. The molecule has 0 aliphatic carbocycles. The van der Waals surface area contributed by atoms with E-state index in [4.69, 9.17) is 5.73 Å². The summed E-state index contributed by atoms with van der Waals surface area (Å²) in [6.45, 7) is 4.05. The van der Waals surface area contributed by atoms with Gasteiger partial charge in [0.15, 0.2) is 5.96 Å². The van der Waals surface area contributed by atoms with Gasteiger partial charge in [0.05, 0.1) is 0 Å². The number of unbranched alkanes of at least 4 members (excludes halogenated alkanes) is 6. The Morgan fingerprint density at radius 1 is 1.05 bits per heavy atom. The second-order valence-corrected chi connectivity index (χ2v) is 5.65. The number of aliphatic imine (C=N–C) groups is 1. The van der Waals surface area contributed by atoms with Crippen molar-refractivity contribution in [3.63, 3.8) is 0 Å². The molecular weight excluding hydrogens is 369 g/mol. The van der Waals surface area contributed by atoms with Crippen LogP contribution < -0.4 is 11.1 Å². The van der Waals surface area contributed by atoms with Crippen LogP contribution in [-0.4, -0.2) is 31.1 Å². The molecule has 0 bridgehead atoms. The molecule has 116 valence electrons. The van der Waals surface area contributed by atoms with Gasteiger partial charge < -0.3 is 11.1 Å². The Kier molecular flexibility index (Phi) is 20.9. The minimum Gasteiger partial charge on any atom is -0.370 e. The number of rotatable bonds is 12. The Labute approximate surface area is 141 Å². The predicted octanol–water partition coefficient (Wildman–Crippen LogP) is 4.01. The summed E-state index contributed by atoms with van der Waals surface area (Å²) in [6.07, 6.45) is 12.3. The van der Waals surface area contributed by atoms with Crippen molar-refractivity contribution in [2.24, 2.45) is 10.7 Å². The summed E-state index contributed by atoms with van der Waals surface area (Å²) in [6, 6.07) is 0. The van der Waals surface area contributed by atoms with Crippen LogP contribution in [0.3, 0.4) is 0 Å². The van der Waals surface area contributed by atoms with Crippen LogP contribution in [0.2, 0.25) is 0 Å². The van der Waals surface area contributed by atoms with E-state index < -0.39 is 0 Å². The highest BCUT2D eigenvalue weighted by Crippen LogP contribution is 2.04. The van der Waals surface area contributed by atoms with Gasteiger partial charge in [-0.15, -0.1) is 24.0 Å². The molecule has 0 radical (unpaired) electrons. The number of nitrogens with zero attached hydrogens (tertiary/aromatic N) is 1. The van der Waals surface area contributed by atoms with Gasteiger partial charge in [0.2, 0.25) is 0 Å². The van der Waals surface area contributed by atoms with E-state index in [0.29, 0.717) is 5.96 Å². The van der Waals surface area contributed by atoms with Crippen LogP contribution in [0.1, 0.15) is 58.3 Å². The minimum atomic E-state index is 0. The van der Waals surface area contributed by atoms with Gasteiger partial charge >= 0.3 is 0 Å². The van der Waals surface area contributed by atoms with Crippen LogP contribution in [0.5, 0.6) is 0 Å². The molecule has 0 saturated heterocycles. The first-order chi connectivity index (χ1) is 8.81. The largest absolute Gasteiger partial charge is 0.370 e. The third-order valence-electron chi connectivity index (χ3n) is 2.88. The van der Waals surface area contributed by atoms with Crippen molar-refractivity contribution in [2.75, 3.05) is 25.1 Å². The van der Waals surface area contributed by atoms with Gasteiger partial charge in [-0.3, -0.25) is 4.99 Å². The lowest BCUT2D eigenvalue weighted by molar-refractivity contribution is 0.649. The highest BCUT2D eigenvalue weighted by molar-refractivity contribution is 14.0. The van der Waals surface area contributed by atoms with Gasteiger partial charge in [-0.05, 0) is 31.3 Å². The fraction of sp³-hybridized carbons (Fsp3) is 0.929. The number of guanidine groups is 1. The van der Waals surface area contributed by atoms with Gasteiger partial charge in [-0.1, -0.05) is 39.0 Å².